The minimum atomic E-state index is -0.924. The number of carboxylic acid groups (broad SMARTS) is 1. The van der Waals surface area contributed by atoms with Gasteiger partial charge in [-0.05, 0) is 4.28 Å². The van der Waals surface area contributed by atoms with E-state index in [-0.39, 0.29) is 24.5 Å². The second kappa shape index (κ2) is 3.88. The molecule has 1 aliphatic rings. The molecule has 0 aromatic heterocycles. The molecule has 2 atom stereocenters. The van der Waals surface area contributed by atoms with Crippen LogP contribution in [-0.2, 0) is 13.9 Å². The van der Waals surface area contributed by atoms with Gasteiger partial charge in [0.25, 0.3) is 5.48 Å². The van der Waals surface area contributed by atoms with Crippen LogP contribution in [-0.4, -0.2) is 22.9 Å². The van der Waals surface area contributed by atoms with Gasteiger partial charge in [0.1, 0.15) is 0 Å². The normalized spacial score (nSPS) is 28.2. The van der Waals surface area contributed by atoms with E-state index in [4.69, 9.17) is 5.11 Å². The van der Waals surface area contributed by atoms with Gasteiger partial charge in [0, 0.05) is 6.42 Å². The summed E-state index contributed by atoms with van der Waals surface area (Å²) in [6.07, 6.45) is 0.231. The molecule has 0 heterocycles. The van der Waals surface area contributed by atoms with Crippen molar-refractivity contribution in [1.29, 1.82) is 0 Å². The third kappa shape index (κ3) is 1.96. The third-order valence-corrected chi connectivity index (χ3v) is 1.93. The van der Waals surface area contributed by atoms with Crippen LogP contribution in [0.4, 0.5) is 0 Å². The van der Waals surface area contributed by atoms with E-state index in [1.807, 2.05) is 0 Å². The minimum absolute atomic E-state index is 0.0446. The van der Waals surface area contributed by atoms with Crippen molar-refractivity contribution in [2.45, 2.75) is 18.9 Å². The summed E-state index contributed by atoms with van der Waals surface area (Å²) in [6, 6.07) is -0.626. The van der Waals surface area contributed by atoms with E-state index in [0.717, 1.165) is 0 Å². The Hall–Kier alpha value is -0.590. The average molecular weight is 190 g/mol. The van der Waals surface area contributed by atoms with Gasteiger partial charge in [0.15, 0.2) is 0 Å². The Morgan fingerprint density at radius 2 is 2.50 bits per heavy atom. The Morgan fingerprint density at radius 3 is 2.92 bits per heavy atom. The van der Waals surface area contributed by atoms with E-state index < -0.39 is 12.0 Å². The van der Waals surface area contributed by atoms with Gasteiger partial charge in [0.05, 0.1) is 25.2 Å². The molecule has 5 nitrogen and oxygen atoms in total. The van der Waals surface area contributed by atoms with Crippen LogP contribution in [0.1, 0.15) is 12.8 Å². The zero-order valence-corrected chi connectivity index (χ0v) is 7.03. The lowest BCUT2D eigenvalue weighted by Gasteiger charge is -2.22. The van der Waals surface area contributed by atoms with Crippen LogP contribution in [0.25, 0.3) is 0 Å². The largest absolute Gasteiger partial charge is 0.481 e. The number of carboxylic acids is 1. The van der Waals surface area contributed by atoms with E-state index in [1.54, 1.807) is 0 Å². The molecular weight excluding hydrogens is 182 g/mol. The summed E-state index contributed by atoms with van der Waals surface area (Å²) >= 11 is 3.35. The molecule has 2 radical (unpaired) electrons. The van der Waals surface area contributed by atoms with Crippen LogP contribution in [0.3, 0.4) is 0 Å². The lowest BCUT2D eigenvalue weighted by Crippen LogP contribution is -2.49. The van der Waals surface area contributed by atoms with E-state index in [0.29, 0.717) is 0 Å². The first kappa shape index (κ1) is 9.50. The minimum Gasteiger partial charge on any atom is -0.481 e. The molecule has 2 unspecified atom stereocenters. The first-order chi connectivity index (χ1) is 5.65. The summed E-state index contributed by atoms with van der Waals surface area (Å²) in [7, 11) is 0. The van der Waals surface area contributed by atoms with E-state index in [2.05, 4.69) is 22.7 Å². The lowest BCUT2D eigenvalue weighted by atomic mass is 9.77. The standard InChI is InChI=1S/C6H8NO4S/c8-4-1-3(2-5(9)10)6(4)7-11-12/h3,6,12H,1-2H2,(H,9,10)/q+1. The van der Waals surface area contributed by atoms with Crippen LogP contribution < -0.4 is 5.48 Å². The molecule has 0 saturated heterocycles. The van der Waals surface area contributed by atoms with Gasteiger partial charge in [-0.2, -0.15) is 0 Å². The van der Waals surface area contributed by atoms with Gasteiger partial charge < -0.3 is 5.11 Å². The molecule has 1 rings (SSSR count). The summed E-state index contributed by atoms with van der Waals surface area (Å²) in [4.78, 5) is 21.1. The predicted octanol–water partition coefficient (Wildman–Crippen LogP) is -0.201. The molecular formula is C6H8NO4S+. The van der Waals surface area contributed by atoms with Crippen LogP contribution in [0.5, 0.6) is 0 Å². The van der Waals surface area contributed by atoms with Gasteiger partial charge >= 0.3 is 12.0 Å². The van der Waals surface area contributed by atoms with Gasteiger partial charge in [-0.1, -0.05) is 0 Å². The van der Waals surface area contributed by atoms with Crippen molar-refractivity contribution in [1.82, 2.24) is 5.48 Å². The van der Waals surface area contributed by atoms with Gasteiger partial charge in [-0.3, -0.25) is 9.59 Å². The molecule has 0 aliphatic heterocycles. The summed E-state index contributed by atoms with van der Waals surface area (Å²) < 4.78 is 4.13. The predicted molar refractivity (Wildman–Crippen MR) is 41.4 cm³/mol. The summed E-state index contributed by atoms with van der Waals surface area (Å²) in [5, 5.41) is 8.41. The van der Waals surface area contributed by atoms with Crippen molar-refractivity contribution < 1.29 is 19.0 Å². The summed E-state index contributed by atoms with van der Waals surface area (Å²) in [5.41, 5.74) is 3.40. The fourth-order valence-corrected chi connectivity index (χ4v) is 1.30. The zero-order valence-electron chi connectivity index (χ0n) is 6.14. The highest BCUT2D eigenvalue weighted by atomic mass is 32.1. The van der Waals surface area contributed by atoms with Crippen molar-refractivity contribution in [2.24, 2.45) is 5.92 Å². The molecule has 0 aromatic rings. The van der Waals surface area contributed by atoms with Crippen molar-refractivity contribution in [3.05, 3.63) is 0 Å². The summed E-state index contributed by atoms with van der Waals surface area (Å²) in [5.74, 6) is -1.23. The fourth-order valence-electron chi connectivity index (χ4n) is 1.20. The monoisotopic (exact) mass is 190 g/mol. The number of hydrogen-bond acceptors (Lipinski definition) is 4. The first-order valence-electron chi connectivity index (χ1n) is 3.40. The van der Waals surface area contributed by atoms with Crippen molar-refractivity contribution in [3.8, 4) is 0 Å². The van der Waals surface area contributed by atoms with Gasteiger partial charge in [-0.15, -0.1) is 0 Å². The maximum absolute atomic E-state index is 10.8. The highest BCUT2D eigenvalue weighted by Crippen LogP contribution is 2.27. The number of Topliss-reactive ketones (excluding diaryl/α,β-unsaturated/α-hetero) is 1. The van der Waals surface area contributed by atoms with Crippen molar-refractivity contribution in [2.75, 3.05) is 0 Å². The van der Waals surface area contributed by atoms with E-state index >= 15 is 0 Å². The number of carbonyl (C=O) groups is 2. The Balaban J connectivity index is 2.37. The average Bonchev–Trinajstić information content (AvgIpc) is 1.99. The second-order valence-electron chi connectivity index (χ2n) is 2.66. The SMILES string of the molecule is O=C(O)CC1CC(=O)C1[N+]OS. The smallest absolute Gasteiger partial charge is 0.303 e. The third-order valence-electron chi connectivity index (χ3n) is 1.84. The molecule has 1 saturated carbocycles. The number of rotatable bonds is 4. The Labute approximate surface area is 74.7 Å². The highest BCUT2D eigenvalue weighted by molar-refractivity contribution is 7.75. The molecule has 1 aliphatic carbocycles. The first-order valence-corrected chi connectivity index (χ1v) is 3.77. The Kier molecular flexibility index (Phi) is 3.07. The van der Waals surface area contributed by atoms with Crippen LogP contribution in [0.2, 0.25) is 0 Å². The topological polar surface area (TPSA) is 77.7 Å². The summed E-state index contributed by atoms with van der Waals surface area (Å²) in [6.45, 7) is 0. The molecule has 0 bridgehead atoms. The van der Waals surface area contributed by atoms with E-state index in [1.165, 1.54) is 0 Å². The highest BCUT2D eigenvalue weighted by Gasteiger charge is 2.52. The number of thiol groups is 1. The zero-order chi connectivity index (χ0) is 9.14. The number of aliphatic carboxylic acids is 1. The van der Waals surface area contributed by atoms with Crippen molar-refractivity contribution in [3.63, 3.8) is 0 Å². The number of hydroxylamine groups is 1. The molecule has 1 fully saturated rings. The molecule has 66 valence electrons. The molecule has 12 heavy (non-hydrogen) atoms. The molecule has 0 aromatic carbocycles. The van der Waals surface area contributed by atoms with Crippen LogP contribution in [0, 0.1) is 5.92 Å². The number of nitrogens with zero attached hydrogens (tertiary/aromatic N) is 1. The number of ketones is 1. The lowest BCUT2D eigenvalue weighted by molar-refractivity contribution is -0.143. The van der Waals surface area contributed by atoms with Gasteiger partial charge in [0.2, 0.25) is 5.78 Å². The maximum Gasteiger partial charge on any atom is 0.303 e. The fraction of sp³-hybridized carbons (Fsp3) is 0.667. The molecule has 0 spiro atoms. The second-order valence-corrected chi connectivity index (χ2v) is 2.82. The number of hydrogen-bond donors (Lipinski definition) is 2. The number of carbonyl (C=O) groups excluding carboxylic acids is 1. The maximum atomic E-state index is 10.8. The van der Waals surface area contributed by atoms with Crippen LogP contribution >= 0.6 is 12.9 Å². The Bertz CT molecular complexity index is 208. The van der Waals surface area contributed by atoms with Crippen LogP contribution in [0.15, 0.2) is 0 Å². The van der Waals surface area contributed by atoms with E-state index in [9.17, 15) is 9.59 Å². The molecule has 6 heteroatoms. The van der Waals surface area contributed by atoms with Gasteiger partial charge in [-0.25, -0.2) is 0 Å². The molecule has 0 amide bonds. The van der Waals surface area contributed by atoms with Crippen molar-refractivity contribution >= 4 is 24.7 Å². The Morgan fingerprint density at radius 1 is 1.83 bits per heavy atom. The quantitative estimate of drug-likeness (QED) is 0.365. The molecule has 1 N–H and O–H groups in total.